The number of anilines is 1. The zero-order valence-corrected chi connectivity index (χ0v) is 18.6. The van der Waals surface area contributed by atoms with Crippen molar-refractivity contribution < 1.29 is 18.4 Å². The van der Waals surface area contributed by atoms with Crippen LogP contribution in [0.4, 0.5) is 9.52 Å². The van der Waals surface area contributed by atoms with Crippen LogP contribution in [0.1, 0.15) is 29.0 Å². The van der Waals surface area contributed by atoms with Crippen molar-refractivity contribution >= 4 is 28.3 Å². The van der Waals surface area contributed by atoms with Crippen molar-refractivity contribution in [1.29, 1.82) is 0 Å². The number of thiazole rings is 1. The third kappa shape index (κ3) is 5.93. The van der Waals surface area contributed by atoms with Gasteiger partial charge in [0.15, 0.2) is 10.9 Å². The van der Waals surface area contributed by atoms with E-state index in [0.29, 0.717) is 30.3 Å². The maximum Gasteiger partial charge on any atom is 0.286 e. The van der Waals surface area contributed by atoms with Crippen LogP contribution in [-0.2, 0) is 11.3 Å². The zero-order chi connectivity index (χ0) is 23.0. The van der Waals surface area contributed by atoms with Gasteiger partial charge in [-0.2, -0.15) is 0 Å². The van der Waals surface area contributed by atoms with Gasteiger partial charge in [0, 0.05) is 23.9 Å². The minimum Gasteiger partial charge on any atom is -0.459 e. The summed E-state index contributed by atoms with van der Waals surface area (Å²) in [5, 5.41) is 5.18. The number of furan rings is 1. The van der Waals surface area contributed by atoms with Gasteiger partial charge < -0.3 is 9.73 Å². The van der Waals surface area contributed by atoms with Crippen LogP contribution in [0.2, 0.25) is 0 Å². The Balaban J connectivity index is 1.43. The van der Waals surface area contributed by atoms with Crippen LogP contribution >= 0.6 is 11.3 Å². The Morgan fingerprint density at radius 1 is 1.03 bits per heavy atom. The second-order valence-corrected chi connectivity index (χ2v) is 8.16. The van der Waals surface area contributed by atoms with E-state index in [1.165, 1.54) is 29.7 Å². The Bertz CT molecular complexity index is 1190. The van der Waals surface area contributed by atoms with Crippen molar-refractivity contribution in [2.75, 3.05) is 11.4 Å². The lowest BCUT2D eigenvalue weighted by molar-refractivity contribution is -0.118. The Morgan fingerprint density at radius 2 is 1.82 bits per heavy atom. The summed E-state index contributed by atoms with van der Waals surface area (Å²) in [6, 6.07) is 19.0. The average molecular weight is 464 g/mol. The van der Waals surface area contributed by atoms with Gasteiger partial charge >= 0.3 is 0 Å². The Morgan fingerprint density at radius 3 is 2.55 bits per heavy atom. The van der Waals surface area contributed by atoms with Crippen LogP contribution in [0.3, 0.4) is 0 Å². The molecule has 2 aromatic carbocycles. The molecule has 0 radical (unpaired) electrons. The predicted molar refractivity (Wildman–Crippen MR) is 125 cm³/mol. The molecule has 0 fully saturated rings. The molecule has 2 amide bonds. The number of nitrogens with zero attached hydrogens (tertiary/aromatic N) is 2. The van der Waals surface area contributed by atoms with E-state index in [-0.39, 0.29) is 29.8 Å². The molecule has 0 aliphatic heterocycles. The van der Waals surface area contributed by atoms with Gasteiger partial charge in [-0.1, -0.05) is 30.3 Å². The molecule has 0 unspecified atom stereocenters. The fourth-order valence-corrected chi connectivity index (χ4v) is 4.09. The molecule has 168 valence electrons. The average Bonchev–Trinajstić information content (AvgIpc) is 3.54. The Labute approximate surface area is 194 Å². The van der Waals surface area contributed by atoms with Crippen LogP contribution in [0, 0.1) is 5.82 Å². The van der Waals surface area contributed by atoms with E-state index in [2.05, 4.69) is 10.3 Å². The van der Waals surface area contributed by atoms with Gasteiger partial charge in [-0.3, -0.25) is 14.5 Å². The zero-order valence-electron chi connectivity index (χ0n) is 17.7. The van der Waals surface area contributed by atoms with Crippen LogP contribution in [0.5, 0.6) is 0 Å². The molecule has 33 heavy (non-hydrogen) atoms. The number of amides is 2. The maximum absolute atomic E-state index is 13.3. The van der Waals surface area contributed by atoms with Gasteiger partial charge in [0.05, 0.1) is 18.5 Å². The SMILES string of the molecule is O=C(NCCCC(=O)N(Cc1ccccc1)c1nc(-c2ccc(F)cc2)cs1)c1ccco1. The summed E-state index contributed by atoms with van der Waals surface area (Å²) in [6.07, 6.45) is 2.16. The molecular formula is C25H22FN3O3S. The summed E-state index contributed by atoms with van der Waals surface area (Å²) in [5.74, 6) is -0.471. The topological polar surface area (TPSA) is 75.4 Å². The number of carbonyl (C=O) groups excluding carboxylic acids is 2. The Hall–Kier alpha value is -3.78. The summed E-state index contributed by atoms with van der Waals surface area (Å²) >= 11 is 1.36. The third-order valence-electron chi connectivity index (χ3n) is 4.95. The van der Waals surface area contributed by atoms with Crippen molar-refractivity contribution in [2.24, 2.45) is 0 Å². The number of hydrogen-bond donors (Lipinski definition) is 1. The van der Waals surface area contributed by atoms with Crippen molar-refractivity contribution in [3.05, 3.63) is 95.5 Å². The highest BCUT2D eigenvalue weighted by atomic mass is 32.1. The molecule has 2 aromatic heterocycles. The van der Waals surface area contributed by atoms with E-state index in [1.54, 1.807) is 29.2 Å². The lowest BCUT2D eigenvalue weighted by Crippen LogP contribution is -2.31. The lowest BCUT2D eigenvalue weighted by Gasteiger charge is -2.20. The molecule has 4 rings (SSSR count). The molecule has 8 heteroatoms. The first-order valence-corrected chi connectivity index (χ1v) is 11.4. The molecule has 0 aliphatic rings. The molecule has 0 atom stereocenters. The molecule has 4 aromatic rings. The summed E-state index contributed by atoms with van der Waals surface area (Å²) < 4.78 is 18.3. The van der Waals surface area contributed by atoms with Gasteiger partial charge in [-0.05, 0) is 48.4 Å². The minimum absolute atomic E-state index is 0.0916. The molecule has 6 nitrogen and oxygen atoms in total. The van der Waals surface area contributed by atoms with Crippen molar-refractivity contribution in [2.45, 2.75) is 19.4 Å². The highest BCUT2D eigenvalue weighted by molar-refractivity contribution is 7.14. The first-order valence-electron chi connectivity index (χ1n) is 10.5. The predicted octanol–water partition coefficient (Wildman–Crippen LogP) is 5.29. The van der Waals surface area contributed by atoms with Gasteiger partial charge in [-0.15, -0.1) is 11.3 Å². The minimum atomic E-state index is -0.311. The van der Waals surface area contributed by atoms with Crippen LogP contribution < -0.4 is 10.2 Å². The summed E-state index contributed by atoms with van der Waals surface area (Å²) in [5.41, 5.74) is 2.45. The monoisotopic (exact) mass is 463 g/mol. The quantitative estimate of drug-likeness (QED) is 0.343. The standard InChI is InChI=1S/C25H22FN3O3S/c26-20-12-10-19(11-13-20)21-17-33-25(28-21)29(16-18-6-2-1-3-7-18)23(30)9-4-14-27-24(31)22-8-5-15-32-22/h1-3,5-8,10-13,15,17H,4,9,14,16H2,(H,27,31). The number of carbonyl (C=O) groups is 2. The number of hydrogen-bond acceptors (Lipinski definition) is 5. The van der Waals surface area contributed by atoms with E-state index in [9.17, 15) is 14.0 Å². The number of benzene rings is 2. The fourth-order valence-electron chi connectivity index (χ4n) is 3.24. The molecule has 2 heterocycles. The normalized spacial score (nSPS) is 10.7. The lowest BCUT2D eigenvalue weighted by atomic mass is 10.2. The van der Waals surface area contributed by atoms with Crippen molar-refractivity contribution in [1.82, 2.24) is 10.3 Å². The number of halogens is 1. The molecule has 0 saturated carbocycles. The summed E-state index contributed by atoms with van der Waals surface area (Å²) in [6.45, 7) is 0.734. The van der Waals surface area contributed by atoms with Crippen LogP contribution in [0.15, 0.2) is 82.8 Å². The summed E-state index contributed by atoms with van der Waals surface area (Å²) in [7, 11) is 0. The number of nitrogens with one attached hydrogen (secondary N) is 1. The van der Waals surface area contributed by atoms with E-state index in [0.717, 1.165) is 11.1 Å². The van der Waals surface area contributed by atoms with Crippen molar-refractivity contribution in [3.8, 4) is 11.3 Å². The first kappa shape index (κ1) is 22.4. The first-order chi connectivity index (χ1) is 16.1. The number of rotatable bonds is 9. The van der Waals surface area contributed by atoms with Gasteiger partial charge in [0.2, 0.25) is 5.91 Å². The van der Waals surface area contributed by atoms with E-state index >= 15 is 0 Å². The van der Waals surface area contributed by atoms with E-state index in [4.69, 9.17) is 4.42 Å². The number of aromatic nitrogens is 1. The van der Waals surface area contributed by atoms with Crippen molar-refractivity contribution in [3.63, 3.8) is 0 Å². The highest BCUT2D eigenvalue weighted by Crippen LogP contribution is 2.29. The van der Waals surface area contributed by atoms with Gasteiger partial charge in [0.25, 0.3) is 5.91 Å². The molecule has 0 saturated heterocycles. The third-order valence-corrected chi connectivity index (χ3v) is 5.81. The Kier molecular flexibility index (Phi) is 7.26. The maximum atomic E-state index is 13.3. The van der Waals surface area contributed by atoms with E-state index in [1.807, 2.05) is 35.7 Å². The van der Waals surface area contributed by atoms with Gasteiger partial charge in [-0.25, -0.2) is 9.37 Å². The molecule has 0 bridgehead atoms. The van der Waals surface area contributed by atoms with Crippen LogP contribution in [-0.4, -0.2) is 23.3 Å². The summed E-state index contributed by atoms with van der Waals surface area (Å²) in [4.78, 5) is 31.4. The highest BCUT2D eigenvalue weighted by Gasteiger charge is 2.20. The largest absolute Gasteiger partial charge is 0.459 e. The van der Waals surface area contributed by atoms with Gasteiger partial charge in [0.1, 0.15) is 5.82 Å². The molecule has 1 N–H and O–H groups in total. The second-order valence-electron chi connectivity index (χ2n) is 7.32. The fraction of sp³-hybridized carbons (Fsp3) is 0.160. The molecule has 0 spiro atoms. The smallest absolute Gasteiger partial charge is 0.286 e. The van der Waals surface area contributed by atoms with E-state index < -0.39 is 0 Å². The molecule has 0 aliphatic carbocycles. The molecular weight excluding hydrogens is 441 g/mol. The second kappa shape index (κ2) is 10.7. The van der Waals surface area contributed by atoms with Crippen LogP contribution in [0.25, 0.3) is 11.3 Å².